The summed E-state index contributed by atoms with van der Waals surface area (Å²) in [5.41, 5.74) is 0.501. The zero-order valence-corrected chi connectivity index (χ0v) is 19.5. The second kappa shape index (κ2) is 10.5. The number of amides is 1. The number of aliphatic hydroxyl groups excluding tert-OH is 2. The van der Waals surface area contributed by atoms with Crippen LogP contribution < -0.4 is 4.74 Å². The van der Waals surface area contributed by atoms with Crippen molar-refractivity contribution in [2.75, 3.05) is 26.7 Å². The first-order valence-corrected chi connectivity index (χ1v) is 11.8. The van der Waals surface area contributed by atoms with E-state index in [-0.39, 0.29) is 42.2 Å². The Morgan fingerprint density at radius 1 is 1.39 bits per heavy atom. The van der Waals surface area contributed by atoms with Crippen molar-refractivity contribution in [2.24, 2.45) is 5.92 Å². The van der Waals surface area contributed by atoms with Crippen molar-refractivity contribution in [3.8, 4) is 17.6 Å². The molecule has 0 saturated carbocycles. The first-order valence-electron chi connectivity index (χ1n) is 10.4. The van der Waals surface area contributed by atoms with Crippen LogP contribution in [0.3, 0.4) is 0 Å². The largest absolute Gasteiger partial charge is 0.487 e. The third-order valence-corrected chi connectivity index (χ3v) is 7.29. The van der Waals surface area contributed by atoms with Gasteiger partial charge in [-0.3, -0.25) is 4.79 Å². The van der Waals surface area contributed by atoms with E-state index in [1.54, 1.807) is 31.9 Å². The molecule has 1 aliphatic heterocycles. The van der Waals surface area contributed by atoms with Crippen molar-refractivity contribution < 1.29 is 28.2 Å². The minimum atomic E-state index is -3.94. The maximum Gasteiger partial charge on any atom is 0.247 e. The van der Waals surface area contributed by atoms with Crippen LogP contribution in [0.2, 0.25) is 0 Å². The molecular weight excluding hydrogens is 420 g/mol. The minimum absolute atomic E-state index is 0.0169. The zero-order valence-electron chi connectivity index (χ0n) is 18.7. The van der Waals surface area contributed by atoms with Gasteiger partial charge < -0.3 is 19.8 Å². The maximum absolute atomic E-state index is 13.4. The van der Waals surface area contributed by atoms with E-state index in [0.717, 1.165) is 0 Å². The van der Waals surface area contributed by atoms with Gasteiger partial charge in [0.05, 0.1) is 13.2 Å². The molecule has 2 N–H and O–H groups in total. The van der Waals surface area contributed by atoms with Gasteiger partial charge in [-0.1, -0.05) is 25.7 Å². The van der Waals surface area contributed by atoms with Crippen LogP contribution in [-0.2, 0) is 14.8 Å². The summed E-state index contributed by atoms with van der Waals surface area (Å²) in [6.45, 7) is 6.94. The van der Waals surface area contributed by atoms with Crippen molar-refractivity contribution >= 4 is 15.9 Å². The van der Waals surface area contributed by atoms with Gasteiger partial charge in [-0.2, -0.15) is 4.31 Å². The van der Waals surface area contributed by atoms with Crippen LogP contribution in [0.4, 0.5) is 0 Å². The van der Waals surface area contributed by atoms with Gasteiger partial charge in [-0.05, 0) is 32.0 Å². The Labute approximate surface area is 184 Å². The predicted octanol–water partition coefficient (Wildman–Crippen LogP) is 1.06. The Bertz CT molecular complexity index is 950. The van der Waals surface area contributed by atoms with Crippen LogP contribution in [0.15, 0.2) is 23.1 Å². The number of rotatable bonds is 5. The second-order valence-electron chi connectivity index (χ2n) is 7.97. The normalized spacial score (nSPS) is 22.5. The smallest absolute Gasteiger partial charge is 0.247 e. The van der Waals surface area contributed by atoms with Gasteiger partial charge in [-0.15, -0.1) is 0 Å². The van der Waals surface area contributed by atoms with Gasteiger partial charge in [0.1, 0.15) is 22.9 Å². The lowest BCUT2D eigenvalue weighted by molar-refractivity contribution is -0.131. The Hall–Kier alpha value is -2.12. The van der Waals surface area contributed by atoms with E-state index in [1.165, 1.54) is 23.4 Å². The lowest BCUT2D eigenvalue weighted by Crippen LogP contribution is -2.50. The van der Waals surface area contributed by atoms with Crippen LogP contribution in [0.5, 0.6) is 5.75 Å². The van der Waals surface area contributed by atoms with Crippen molar-refractivity contribution in [1.29, 1.82) is 0 Å². The molecule has 0 bridgehead atoms. The molecule has 0 spiro atoms. The van der Waals surface area contributed by atoms with E-state index in [9.17, 15) is 23.4 Å². The molecule has 0 fully saturated rings. The summed E-state index contributed by atoms with van der Waals surface area (Å²) in [5, 5.41) is 19.1. The molecule has 1 heterocycles. The maximum atomic E-state index is 13.4. The molecular formula is C22H32N2O6S. The van der Waals surface area contributed by atoms with Gasteiger partial charge in [-0.25, -0.2) is 8.42 Å². The third-order valence-electron chi connectivity index (χ3n) is 5.27. The molecule has 2 rings (SSSR count). The number of hydrogen-bond acceptors (Lipinski definition) is 6. The molecule has 0 aliphatic carbocycles. The van der Waals surface area contributed by atoms with E-state index in [0.29, 0.717) is 12.0 Å². The minimum Gasteiger partial charge on any atom is -0.487 e. The summed E-state index contributed by atoms with van der Waals surface area (Å²) in [6, 6.07) is 3.91. The van der Waals surface area contributed by atoms with E-state index >= 15 is 0 Å². The second-order valence-corrected chi connectivity index (χ2v) is 9.83. The summed E-state index contributed by atoms with van der Waals surface area (Å²) in [7, 11) is -2.25. The number of sulfonamides is 1. The number of nitrogens with zero attached hydrogens (tertiary/aromatic N) is 2. The molecule has 172 valence electrons. The molecule has 4 atom stereocenters. The van der Waals surface area contributed by atoms with Crippen molar-refractivity contribution in [1.82, 2.24) is 9.21 Å². The van der Waals surface area contributed by atoms with Crippen LogP contribution >= 0.6 is 0 Å². The summed E-state index contributed by atoms with van der Waals surface area (Å²) in [4.78, 5) is 13.7. The summed E-state index contributed by atoms with van der Waals surface area (Å²) >= 11 is 0. The average Bonchev–Trinajstić information content (AvgIpc) is 2.73. The molecule has 8 nitrogen and oxygen atoms in total. The molecule has 0 radical (unpaired) electrons. The fourth-order valence-corrected chi connectivity index (χ4v) is 5.18. The monoisotopic (exact) mass is 452 g/mol. The van der Waals surface area contributed by atoms with Gasteiger partial charge in [0.2, 0.25) is 15.9 Å². The first-order chi connectivity index (χ1) is 14.5. The molecule has 31 heavy (non-hydrogen) atoms. The van der Waals surface area contributed by atoms with E-state index in [1.807, 2.05) is 6.92 Å². The van der Waals surface area contributed by atoms with Gasteiger partial charge in [0.25, 0.3) is 0 Å². The Balaban J connectivity index is 2.58. The molecule has 0 saturated heterocycles. The van der Waals surface area contributed by atoms with Crippen molar-refractivity contribution in [2.45, 2.75) is 57.3 Å². The molecule has 1 aliphatic rings. The topological polar surface area (TPSA) is 107 Å². The third kappa shape index (κ3) is 5.98. The molecule has 0 unspecified atom stereocenters. The number of fused-ring (bicyclic) bond motifs is 1. The lowest BCUT2D eigenvalue weighted by atomic mass is 10.0. The van der Waals surface area contributed by atoms with Crippen LogP contribution in [0.1, 0.15) is 39.7 Å². The quantitative estimate of drug-likeness (QED) is 0.647. The number of benzene rings is 1. The molecule has 1 amide bonds. The highest BCUT2D eigenvalue weighted by molar-refractivity contribution is 7.89. The highest BCUT2D eigenvalue weighted by Gasteiger charge is 2.38. The van der Waals surface area contributed by atoms with Crippen molar-refractivity contribution in [3.05, 3.63) is 23.8 Å². The van der Waals surface area contributed by atoms with E-state index < -0.39 is 28.3 Å². The summed E-state index contributed by atoms with van der Waals surface area (Å²) < 4.78 is 34.2. The number of carbonyl (C=O) groups excluding carboxylic acids is 1. The first kappa shape index (κ1) is 25.1. The van der Waals surface area contributed by atoms with Crippen LogP contribution in [0, 0.1) is 17.8 Å². The van der Waals surface area contributed by atoms with Gasteiger partial charge in [0.15, 0.2) is 0 Å². The molecule has 0 aromatic heterocycles. The molecule has 1 aromatic carbocycles. The Morgan fingerprint density at radius 2 is 2.06 bits per heavy atom. The van der Waals surface area contributed by atoms with Crippen LogP contribution in [-0.4, -0.2) is 78.7 Å². The lowest BCUT2D eigenvalue weighted by Gasteiger charge is -2.37. The van der Waals surface area contributed by atoms with E-state index in [4.69, 9.17) is 4.74 Å². The van der Waals surface area contributed by atoms with Crippen LogP contribution in [0.25, 0.3) is 0 Å². The highest BCUT2D eigenvalue weighted by Crippen LogP contribution is 2.34. The summed E-state index contributed by atoms with van der Waals surface area (Å²) in [5.74, 6) is 5.28. The summed E-state index contributed by atoms with van der Waals surface area (Å²) in [6.07, 6.45) is -0.938. The zero-order chi connectivity index (χ0) is 23.3. The fourth-order valence-electron chi connectivity index (χ4n) is 3.35. The van der Waals surface area contributed by atoms with E-state index in [2.05, 4.69) is 11.8 Å². The van der Waals surface area contributed by atoms with Crippen molar-refractivity contribution in [3.63, 3.8) is 0 Å². The SMILES string of the molecule is CCC(=O)N(C)C[C@H]1Oc2cc(C#C[C@H](C)O)ccc2S(=O)(=O)N([C@@H](C)CO)C[C@@H]1C. The average molecular weight is 453 g/mol. The number of aliphatic hydroxyl groups is 2. The number of carbonyl (C=O) groups is 1. The Morgan fingerprint density at radius 3 is 2.65 bits per heavy atom. The molecule has 1 aromatic rings. The standard InChI is InChI=1S/C22H32N2O6S/c1-6-22(27)23(5)13-20-15(2)12-24(16(3)14-25)31(28,29)21-10-9-18(8-7-17(4)26)11-19(21)30-20/h9-11,15-17,20,25-26H,6,12-14H2,1-5H3/t15-,16-,17-,20+/m0/s1. The number of hydrogen-bond donors (Lipinski definition) is 2. The Kier molecular flexibility index (Phi) is 8.49. The highest BCUT2D eigenvalue weighted by atomic mass is 32.2. The number of ether oxygens (including phenoxy) is 1. The molecule has 9 heteroatoms. The van der Waals surface area contributed by atoms with Gasteiger partial charge in [0, 0.05) is 37.5 Å². The van der Waals surface area contributed by atoms with Gasteiger partial charge >= 0.3 is 0 Å². The predicted molar refractivity (Wildman–Crippen MR) is 117 cm³/mol. The fraction of sp³-hybridized carbons (Fsp3) is 0.591. The number of likely N-dealkylation sites (N-methyl/N-ethyl adjacent to an activating group) is 1.